The van der Waals surface area contributed by atoms with Crippen molar-refractivity contribution in [2.75, 3.05) is 6.54 Å². The number of halogens is 3. The van der Waals surface area contributed by atoms with Gasteiger partial charge in [0.05, 0.1) is 16.7 Å². The third kappa shape index (κ3) is 2.88. The summed E-state index contributed by atoms with van der Waals surface area (Å²) in [5.41, 5.74) is 0.809. The first-order valence-corrected chi connectivity index (χ1v) is 9.86. The van der Waals surface area contributed by atoms with Crippen LogP contribution in [-0.4, -0.2) is 37.3 Å². The number of aromatic amines is 1. The predicted octanol–water partition coefficient (Wildman–Crippen LogP) is 4.05. The van der Waals surface area contributed by atoms with Gasteiger partial charge in [-0.1, -0.05) is 6.07 Å². The molecule has 7 nitrogen and oxygen atoms in total. The van der Waals surface area contributed by atoms with Crippen molar-refractivity contribution in [1.29, 1.82) is 0 Å². The Kier molecular flexibility index (Phi) is 4.17. The van der Waals surface area contributed by atoms with Gasteiger partial charge in [-0.05, 0) is 12.1 Å². The zero-order chi connectivity index (χ0) is 21.0. The van der Waals surface area contributed by atoms with Crippen LogP contribution in [0.2, 0.25) is 0 Å². The molecule has 1 aromatic carbocycles. The Morgan fingerprint density at radius 3 is 2.97 bits per heavy atom. The zero-order valence-electron chi connectivity index (χ0n) is 15.5. The molecule has 0 radical (unpaired) electrons. The molecule has 4 aromatic rings. The molecule has 0 spiro atoms. The van der Waals surface area contributed by atoms with Gasteiger partial charge in [0, 0.05) is 25.6 Å². The van der Waals surface area contributed by atoms with E-state index in [2.05, 4.69) is 19.9 Å². The third-order valence-electron chi connectivity index (χ3n) is 4.98. The van der Waals surface area contributed by atoms with Crippen LogP contribution in [0.25, 0.3) is 10.2 Å². The summed E-state index contributed by atoms with van der Waals surface area (Å²) in [6.07, 6.45) is 2.77. The first kappa shape index (κ1) is 18.8. The van der Waals surface area contributed by atoms with Gasteiger partial charge in [-0.3, -0.25) is 4.79 Å². The van der Waals surface area contributed by atoms with Gasteiger partial charge in [0.2, 0.25) is 5.76 Å². The first-order valence-electron chi connectivity index (χ1n) is 9.04. The lowest BCUT2D eigenvalue weighted by Gasteiger charge is -2.33. The molecule has 11 heteroatoms. The van der Waals surface area contributed by atoms with E-state index in [1.165, 1.54) is 28.6 Å². The number of hydrogen-bond donors (Lipinski definition) is 1. The Labute approximate surface area is 171 Å². The molecule has 0 saturated heterocycles. The summed E-state index contributed by atoms with van der Waals surface area (Å²) < 4.78 is 47.7. The number of aromatic nitrogens is 4. The molecular formula is C19H14F3N5O2S. The van der Waals surface area contributed by atoms with Crippen LogP contribution in [0.1, 0.15) is 45.6 Å². The topological polar surface area (TPSA) is 87.9 Å². The molecule has 3 aromatic heterocycles. The van der Waals surface area contributed by atoms with Crippen molar-refractivity contribution >= 4 is 27.5 Å². The van der Waals surface area contributed by atoms with Gasteiger partial charge in [-0.15, -0.1) is 11.3 Å². The SMILES string of the molecule is CC(F)(F)c1ncoc1C(=O)N1CCc2[nH]cnc2[C@H]1c1nc2c(F)cccc2s1. The maximum atomic E-state index is 14.2. The summed E-state index contributed by atoms with van der Waals surface area (Å²) in [7, 11) is 0. The number of benzene rings is 1. The van der Waals surface area contributed by atoms with E-state index in [0.29, 0.717) is 28.7 Å². The average Bonchev–Trinajstić information content (AvgIpc) is 3.44. The predicted molar refractivity (Wildman–Crippen MR) is 101 cm³/mol. The minimum atomic E-state index is -3.35. The summed E-state index contributed by atoms with van der Waals surface area (Å²) in [6.45, 7) is 0.865. The van der Waals surface area contributed by atoms with Gasteiger partial charge in [0.25, 0.3) is 11.8 Å². The van der Waals surface area contributed by atoms with E-state index < -0.39 is 35.1 Å². The van der Waals surface area contributed by atoms with Crippen molar-refractivity contribution in [3.63, 3.8) is 0 Å². The van der Waals surface area contributed by atoms with E-state index in [1.807, 2.05) is 0 Å². The molecule has 1 atom stereocenters. The fourth-order valence-corrected chi connectivity index (χ4v) is 4.73. The highest BCUT2D eigenvalue weighted by atomic mass is 32.1. The molecular weight excluding hydrogens is 419 g/mol. The fourth-order valence-electron chi connectivity index (χ4n) is 3.64. The number of carbonyl (C=O) groups is 1. The Balaban J connectivity index is 1.63. The molecule has 5 rings (SSSR count). The number of nitrogens with zero attached hydrogens (tertiary/aromatic N) is 4. The lowest BCUT2D eigenvalue weighted by molar-refractivity contribution is 0.0103. The summed E-state index contributed by atoms with van der Waals surface area (Å²) >= 11 is 1.22. The van der Waals surface area contributed by atoms with Crippen molar-refractivity contribution in [1.82, 2.24) is 24.8 Å². The second kappa shape index (κ2) is 6.66. The maximum absolute atomic E-state index is 14.2. The summed E-state index contributed by atoms with van der Waals surface area (Å²) in [4.78, 5) is 29.9. The monoisotopic (exact) mass is 433 g/mol. The van der Waals surface area contributed by atoms with Gasteiger partial charge >= 0.3 is 0 Å². The highest BCUT2D eigenvalue weighted by Crippen LogP contribution is 2.39. The largest absolute Gasteiger partial charge is 0.438 e. The summed E-state index contributed by atoms with van der Waals surface area (Å²) in [5, 5.41) is 0.431. The number of oxazole rings is 1. The van der Waals surface area contributed by atoms with Crippen LogP contribution in [0, 0.1) is 5.82 Å². The van der Waals surface area contributed by atoms with Crippen molar-refractivity contribution in [2.45, 2.75) is 25.3 Å². The van der Waals surface area contributed by atoms with Crippen LogP contribution in [0.4, 0.5) is 13.2 Å². The molecule has 0 saturated carbocycles. The van der Waals surface area contributed by atoms with E-state index >= 15 is 0 Å². The van der Waals surface area contributed by atoms with Gasteiger partial charge < -0.3 is 14.3 Å². The highest BCUT2D eigenvalue weighted by molar-refractivity contribution is 7.18. The molecule has 0 aliphatic carbocycles. The van der Waals surface area contributed by atoms with Crippen LogP contribution in [0.3, 0.4) is 0 Å². The molecule has 1 aliphatic rings. The quantitative estimate of drug-likeness (QED) is 0.527. The van der Waals surface area contributed by atoms with Crippen LogP contribution in [0.5, 0.6) is 0 Å². The summed E-state index contributed by atoms with van der Waals surface area (Å²) in [6, 6.07) is 3.84. The number of alkyl halides is 2. The zero-order valence-corrected chi connectivity index (χ0v) is 16.3. The van der Waals surface area contributed by atoms with Crippen molar-refractivity contribution in [2.24, 2.45) is 0 Å². The van der Waals surface area contributed by atoms with Crippen molar-refractivity contribution in [3.05, 3.63) is 64.6 Å². The Bertz CT molecular complexity index is 1260. The third-order valence-corrected chi connectivity index (χ3v) is 6.06. The number of fused-ring (bicyclic) bond motifs is 2. The molecule has 154 valence electrons. The smallest absolute Gasteiger partial charge is 0.292 e. The van der Waals surface area contributed by atoms with Gasteiger partial charge in [-0.25, -0.2) is 19.3 Å². The number of carbonyl (C=O) groups excluding carboxylic acids is 1. The van der Waals surface area contributed by atoms with E-state index in [1.54, 1.807) is 12.1 Å². The number of imidazole rings is 1. The molecule has 30 heavy (non-hydrogen) atoms. The number of thiazole rings is 1. The van der Waals surface area contributed by atoms with Crippen LogP contribution >= 0.6 is 11.3 Å². The number of hydrogen-bond acceptors (Lipinski definition) is 6. The molecule has 1 amide bonds. The van der Waals surface area contributed by atoms with Gasteiger partial charge in [0.1, 0.15) is 22.4 Å². The normalized spacial score (nSPS) is 16.8. The van der Waals surface area contributed by atoms with Crippen molar-refractivity contribution in [3.8, 4) is 0 Å². The van der Waals surface area contributed by atoms with E-state index in [-0.39, 0.29) is 12.1 Å². The number of nitrogens with one attached hydrogen (secondary N) is 1. The maximum Gasteiger partial charge on any atom is 0.292 e. The summed E-state index contributed by atoms with van der Waals surface area (Å²) in [5.74, 6) is -5.10. The van der Waals surface area contributed by atoms with E-state index in [9.17, 15) is 18.0 Å². The lowest BCUT2D eigenvalue weighted by Crippen LogP contribution is -2.41. The molecule has 4 heterocycles. The standard InChI is InChI=1S/C19H14F3N5O2S/c1-19(21,22)16-15(29-8-25-16)18(28)27-6-5-10-13(24-7-23-10)14(27)17-26-12-9(20)3-2-4-11(12)30-17/h2-4,7-8,14H,5-6H2,1H3,(H,23,24)/t14-/m0/s1. The number of para-hydroxylation sites is 1. The Morgan fingerprint density at radius 2 is 2.20 bits per heavy atom. The van der Waals surface area contributed by atoms with Crippen LogP contribution < -0.4 is 0 Å². The number of rotatable bonds is 3. The van der Waals surface area contributed by atoms with Crippen LogP contribution in [0.15, 0.2) is 35.3 Å². The van der Waals surface area contributed by atoms with Gasteiger partial charge in [0.15, 0.2) is 12.1 Å². The van der Waals surface area contributed by atoms with E-state index in [0.717, 1.165) is 12.1 Å². The van der Waals surface area contributed by atoms with Crippen LogP contribution in [-0.2, 0) is 12.3 Å². The number of H-pyrrole nitrogens is 1. The Hall–Kier alpha value is -3.21. The minimum absolute atomic E-state index is 0.188. The molecule has 0 unspecified atom stereocenters. The molecule has 0 fully saturated rings. The second-order valence-corrected chi connectivity index (χ2v) is 8.04. The molecule has 0 bridgehead atoms. The lowest BCUT2D eigenvalue weighted by atomic mass is 10.0. The highest BCUT2D eigenvalue weighted by Gasteiger charge is 2.42. The average molecular weight is 433 g/mol. The fraction of sp³-hybridized carbons (Fsp3) is 0.263. The Morgan fingerprint density at radius 1 is 1.37 bits per heavy atom. The van der Waals surface area contributed by atoms with E-state index in [4.69, 9.17) is 4.42 Å². The van der Waals surface area contributed by atoms with Gasteiger partial charge in [-0.2, -0.15) is 8.78 Å². The molecule has 1 N–H and O–H groups in total. The van der Waals surface area contributed by atoms with Crippen molar-refractivity contribution < 1.29 is 22.4 Å². The minimum Gasteiger partial charge on any atom is -0.438 e. The molecule has 1 aliphatic heterocycles. The number of amides is 1. The second-order valence-electron chi connectivity index (χ2n) is 6.97. The first-order chi connectivity index (χ1) is 14.3.